The molecule has 0 aromatic heterocycles. The summed E-state index contributed by atoms with van der Waals surface area (Å²) in [7, 11) is 0. The van der Waals surface area contributed by atoms with E-state index in [0.29, 0.717) is 10.8 Å². The molecular weight excluding hydrogens is 286 g/mol. The number of carbonyl (C=O) groups is 1. The Balaban J connectivity index is 1.96. The third kappa shape index (κ3) is 4.23. The molecule has 0 saturated carbocycles. The standard InChI is InChI=1S/C17H18ClNO2/c1-11-4-6-15(12(2)8-11)19-17(20)10-21-16-7-5-14(18)9-13(16)3/h4-9H,10H2,1-3H3,(H,19,20). The first-order chi connectivity index (χ1) is 9.95. The Morgan fingerprint density at radius 3 is 2.52 bits per heavy atom. The molecule has 2 aromatic carbocycles. The largest absolute Gasteiger partial charge is 0.483 e. The lowest BCUT2D eigenvalue weighted by atomic mass is 10.1. The summed E-state index contributed by atoms with van der Waals surface area (Å²) >= 11 is 5.88. The van der Waals surface area contributed by atoms with Crippen LogP contribution in [-0.2, 0) is 4.79 Å². The Morgan fingerprint density at radius 1 is 1.10 bits per heavy atom. The van der Waals surface area contributed by atoms with Crippen LogP contribution in [0.1, 0.15) is 16.7 Å². The SMILES string of the molecule is Cc1ccc(NC(=O)COc2ccc(Cl)cc2C)c(C)c1. The van der Waals surface area contributed by atoms with E-state index in [0.717, 1.165) is 16.8 Å². The molecule has 1 amide bonds. The molecule has 0 aliphatic heterocycles. The van der Waals surface area contributed by atoms with Gasteiger partial charge in [-0.25, -0.2) is 0 Å². The lowest BCUT2D eigenvalue weighted by Crippen LogP contribution is -2.20. The number of rotatable bonds is 4. The molecule has 0 unspecified atom stereocenters. The minimum Gasteiger partial charge on any atom is -0.483 e. The quantitative estimate of drug-likeness (QED) is 0.915. The maximum atomic E-state index is 11.9. The van der Waals surface area contributed by atoms with Crippen LogP contribution in [0.3, 0.4) is 0 Å². The zero-order valence-electron chi connectivity index (χ0n) is 12.4. The van der Waals surface area contributed by atoms with Crippen molar-refractivity contribution in [3.8, 4) is 5.75 Å². The molecule has 0 atom stereocenters. The molecule has 110 valence electrons. The van der Waals surface area contributed by atoms with Crippen LogP contribution in [-0.4, -0.2) is 12.5 Å². The number of halogens is 1. The Labute approximate surface area is 129 Å². The smallest absolute Gasteiger partial charge is 0.262 e. The highest BCUT2D eigenvalue weighted by Crippen LogP contribution is 2.22. The van der Waals surface area contributed by atoms with Crippen molar-refractivity contribution in [3.05, 3.63) is 58.1 Å². The van der Waals surface area contributed by atoms with E-state index < -0.39 is 0 Å². The van der Waals surface area contributed by atoms with Crippen LogP contribution in [0, 0.1) is 20.8 Å². The van der Waals surface area contributed by atoms with Crippen LogP contribution in [0.4, 0.5) is 5.69 Å². The van der Waals surface area contributed by atoms with Crippen molar-refractivity contribution in [2.75, 3.05) is 11.9 Å². The van der Waals surface area contributed by atoms with Crippen LogP contribution >= 0.6 is 11.6 Å². The van der Waals surface area contributed by atoms with Crippen molar-refractivity contribution in [2.24, 2.45) is 0 Å². The maximum Gasteiger partial charge on any atom is 0.262 e. The number of amides is 1. The van der Waals surface area contributed by atoms with E-state index in [1.54, 1.807) is 18.2 Å². The van der Waals surface area contributed by atoms with E-state index in [9.17, 15) is 4.79 Å². The number of hydrogen-bond acceptors (Lipinski definition) is 2. The van der Waals surface area contributed by atoms with Gasteiger partial charge in [-0.15, -0.1) is 0 Å². The van der Waals surface area contributed by atoms with Crippen LogP contribution < -0.4 is 10.1 Å². The van der Waals surface area contributed by atoms with Gasteiger partial charge in [0.2, 0.25) is 0 Å². The van der Waals surface area contributed by atoms with Crippen LogP contribution in [0.5, 0.6) is 5.75 Å². The van der Waals surface area contributed by atoms with E-state index >= 15 is 0 Å². The van der Waals surface area contributed by atoms with E-state index in [1.807, 2.05) is 39.0 Å². The Kier molecular flexibility index (Phi) is 4.86. The van der Waals surface area contributed by atoms with E-state index in [4.69, 9.17) is 16.3 Å². The summed E-state index contributed by atoms with van der Waals surface area (Å²) in [6, 6.07) is 11.2. The fraction of sp³-hybridized carbons (Fsp3) is 0.235. The molecule has 0 saturated heterocycles. The van der Waals surface area contributed by atoms with Gasteiger partial charge in [-0.2, -0.15) is 0 Å². The molecular formula is C17H18ClNO2. The lowest BCUT2D eigenvalue weighted by molar-refractivity contribution is -0.118. The number of carbonyl (C=O) groups excluding carboxylic acids is 1. The van der Waals surface area contributed by atoms with Gasteiger partial charge in [0.05, 0.1) is 0 Å². The van der Waals surface area contributed by atoms with Crippen molar-refractivity contribution in [2.45, 2.75) is 20.8 Å². The van der Waals surface area contributed by atoms with Crippen LogP contribution in [0.15, 0.2) is 36.4 Å². The summed E-state index contributed by atoms with van der Waals surface area (Å²) < 4.78 is 5.52. The van der Waals surface area contributed by atoms with E-state index in [1.165, 1.54) is 5.56 Å². The molecule has 21 heavy (non-hydrogen) atoms. The molecule has 0 radical (unpaired) electrons. The third-order valence-electron chi connectivity index (χ3n) is 3.15. The molecule has 0 heterocycles. The van der Waals surface area contributed by atoms with Gasteiger partial charge in [0.15, 0.2) is 6.61 Å². The normalized spacial score (nSPS) is 10.3. The van der Waals surface area contributed by atoms with Gasteiger partial charge in [-0.05, 0) is 56.2 Å². The molecule has 0 bridgehead atoms. The zero-order valence-corrected chi connectivity index (χ0v) is 13.1. The summed E-state index contributed by atoms with van der Waals surface area (Å²) in [4.78, 5) is 11.9. The first-order valence-electron chi connectivity index (χ1n) is 6.72. The molecule has 0 spiro atoms. The molecule has 2 aromatic rings. The highest BCUT2D eigenvalue weighted by molar-refractivity contribution is 6.30. The molecule has 2 rings (SSSR count). The van der Waals surface area contributed by atoms with E-state index in [-0.39, 0.29) is 12.5 Å². The van der Waals surface area contributed by atoms with Gasteiger partial charge in [0.25, 0.3) is 5.91 Å². The number of anilines is 1. The minimum absolute atomic E-state index is 0.0320. The number of hydrogen-bond donors (Lipinski definition) is 1. The molecule has 0 aliphatic carbocycles. The fourth-order valence-corrected chi connectivity index (χ4v) is 2.28. The van der Waals surface area contributed by atoms with Gasteiger partial charge in [0.1, 0.15) is 5.75 Å². The second-order valence-corrected chi connectivity index (χ2v) is 5.50. The van der Waals surface area contributed by atoms with Crippen LogP contribution in [0.2, 0.25) is 5.02 Å². The Hall–Kier alpha value is -2.00. The highest BCUT2D eigenvalue weighted by Gasteiger charge is 2.07. The van der Waals surface area contributed by atoms with Crippen LogP contribution in [0.25, 0.3) is 0 Å². The van der Waals surface area contributed by atoms with Crippen molar-refractivity contribution in [1.82, 2.24) is 0 Å². The first kappa shape index (κ1) is 15.4. The summed E-state index contributed by atoms with van der Waals surface area (Å²) in [6.45, 7) is 5.84. The minimum atomic E-state index is -0.184. The molecule has 0 fully saturated rings. The monoisotopic (exact) mass is 303 g/mol. The van der Waals surface area contributed by atoms with E-state index in [2.05, 4.69) is 5.32 Å². The molecule has 0 aliphatic rings. The predicted octanol–water partition coefficient (Wildman–Crippen LogP) is 4.28. The lowest BCUT2D eigenvalue weighted by Gasteiger charge is -2.11. The second kappa shape index (κ2) is 6.64. The summed E-state index contributed by atoms with van der Waals surface area (Å²) in [5, 5.41) is 3.50. The number of nitrogens with one attached hydrogen (secondary N) is 1. The highest BCUT2D eigenvalue weighted by atomic mass is 35.5. The second-order valence-electron chi connectivity index (χ2n) is 5.07. The van der Waals surface area contributed by atoms with Gasteiger partial charge in [0, 0.05) is 10.7 Å². The van der Waals surface area contributed by atoms with Gasteiger partial charge >= 0.3 is 0 Å². The summed E-state index contributed by atoms with van der Waals surface area (Å²) in [6.07, 6.45) is 0. The molecule has 4 heteroatoms. The average molecular weight is 304 g/mol. The predicted molar refractivity (Wildman–Crippen MR) is 86.2 cm³/mol. The average Bonchev–Trinajstić information content (AvgIpc) is 2.41. The number of aryl methyl sites for hydroxylation is 3. The Bertz CT molecular complexity index is 668. The maximum absolute atomic E-state index is 11.9. The summed E-state index contributed by atoms with van der Waals surface area (Å²) in [5.41, 5.74) is 3.91. The Morgan fingerprint density at radius 2 is 1.86 bits per heavy atom. The van der Waals surface area contributed by atoms with Crippen molar-refractivity contribution in [1.29, 1.82) is 0 Å². The topological polar surface area (TPSA) is 38.3 Å². The fourth-order valence-electron chi connectivity index (χ4n) is 2.06. The third-order valence-corrected chi connectivity index (χ3v) is 3.39. The molecule has 1 N–H and O–H groups in total. The van der Waals surface area contributed by atoms with Crippen molar-refractivity contribution < 1.29 is 9.53 Å². The van der Waals surface area contributed by atoms with Crippen molar-refractivity contribution >= 4 is 23.2 Å². The molecule has 3 nitrogen and oxygen atoms in total. The zero-order chi connectivity index (χ0) is 15.4. The van der Waals surface area contributed by atoms with Gasteiger partial charge in [-0.3, -0.25) is 4.79 Å². The summed E-state index contributed by atoms with van der Waals surface area (Å²) in [5.74, 6) is 0.478. The van der Waals surface area contributed by atoms with Gasteiger partial charge < -0.3 is 10.1 Å². The number of benzene rings is 2. The van der Waals surface area contributed by atoms with Gasteiger partial charge in [-0.1, -0.05) is 29.3 Å². The van der Waals surface area contributed by atoms with Crippen molar-refractivity contribution in [3.63, 3.8) is 0 Å². The number of ether oxygens (including phenoxy) is 1. The first-order valence-corrected chi connectivity index (χ1v) is 7.09.